The summed E-state index contributed by atoms with van der Waals surface area (Å²) < 4.78 is 0. The predicted octanol–water partition coefficient (Wildman–Crippen LogP) is 4.03. The molecule has 0 fully saturated rings. The number of aliphatic hydroxyl groups excluding tert-OH is 1. The highest BCUT2D eigenvalue weighted by Crippen LogP contribution is 2.18. The van der Waals surface area contributed by atoms with E-state index in [1.54, 1.807) is 6.92 Å². The Morgan fingerprint density at radius 2 is 1.95 bits per heavy atom. The third-order valence-corrected chi connectivity index (χ3v) is 3.92. The Hall–Kier alpha value is -1.55. The van der Waals surface area contributed by atoms with E-state index in [0.29, 0.717) is 12.5 Å². The highest BCUT2D eigenvalue weighted by Gasteiger charge is 2.16. The van der Waals surface area contributed by atoms with Gasteiger partial charge in [0.1, 0.15) is 0 Å². The molecule has 0 bridgehead atoms. The maximum atomic E-state index is 12.3. The van der Waals surface area contributed by atoms with Crippen molar-refractivity contribution in [3.05, 3.63) is 29.8 Å². The molecule has 0 radical (unpaired) electrons. The Balaban J connectivity index is 2.71. The Kier molecular flexibility index (Phi) is 7.23. The number of nitrogens with zero attached hydrogens (tertiary/aromatic N) is 1. The van der Waals surface area contributed by atoms with Crippen molar-refractivity contribution < 1.29 is 9.90 Å². The molecule has 0 heterocycles. The Bertz CT molecular complexity index is 442. The van der Waals surface area contributed by atoms with Gasteiger partial charge in [-0.3, -0.25) is 0 Å². The lowest BCUT2D eigenvalue weighted by atomic mass is 10.0. The molecule has 0 saturated carbocycles. The normalized spacial score (nSPS) is 12.3. The summed E-state index contributed by atoms with van der Waals surface area (Å²) in [5.41, 5.74) is 1.53. The van der Waals surface area contributed by atoms with E-state index >= 15 is 0 Å². The minimum atomic E-state index is -0.534. The van der Waals surface area contributed by atoms with Crippen LogP contribution < -0.4 is 5.32 Å². The van der Waals surface area contributed by atoms with Gasteiger partial charge in [-0.15, -0.1) is 0 Å². The maximum Gasteiger partial charge on any atom is 0.321 e. The molecule has 0 aromatic heterocycles. The Morgan fingerprint density at radius 3 is 2.48 bits per heavy atom. The average molecular weight is 292 g/mol. The van der Waals surface area contributed by atoms with Crippen LogP contribution in [0.3, 0.4) is 0 Å². The first-order valence-corrected chi connectivity index (χ1v) is 7.85. The van der Waals surface area contributed by atoms with Gasteiger partial charge in [0.15, 0.2) is 0 Å². The largest absolute Gasteiger partial charge is 0.389 e. The first-order chi connectivity index (χ1) is 10.0. The van der Waals surface area contributed by atoms with E-state index in [1.165, 1.54) is 0 Å². The zero-order chi connectivity index (χ0) is 15.8. The van der Waals surface area contributed by atoms with Crippen molar-refractivity contribution in [1.82, 2.24) is 4.90 Å². The topological polar surface area (TPSA) is 52.6 Å². The van der Waals surface area contributed by atoms with Crippen LogP contribution in [0.5, 0.6) is 0 Å². The number of carbonyl (C=O) groups excluding carboxylic acids is 1. The number of urea groups is 1. The van der Waals surface area contributed by atoms with Gasteiger partial charge in [0.25, 0.3) is 0 Å². The summed E-state index contributed by atoms with van der Waals surface area (Å²) in [6.45, 7) is 9.50. The predicted molar refractivity (Wildman–Crippen MR) is 87.4 cm³/mol. The summed E-state index contributed by atoms with van der Waals surface area (Å²) in [7, 11) is 0. The molecule has 1 rings (SSSR count). The highest BCUT2D eigenvalue weighted by atomic mass is 16.3. The summed E-state index contributed by atoms with van der Waals surface area (Å²) in [6.07, 6.45) is 1.63. The fraction of sp³-hybridized carbons (Fsp3) is 0.588. The molecule has 0 spiro atoms. The van der Waals surface area contributed by atoms with Crippen molar-refractivity contribution in [1.29, 1.82) is 0 Å². The van der Waals surface area contributed by atoms with Crippen molar-refractivity contribution in [3.8, 4) is 0 Å². The van der Waals surface area contributed by atoms with Crippen LogP contribution >= 0.6 is 0 Å². The summed E-state index contributed by atoms with van der Waals surface area (Å²) >= 11 is 0. The number of benzene rings is 1. The Labute approximate surface area is 128 Å². The zero-order valence-corrected chi connectivity index (χ0v) is 13.6. The van der Waals surface area contributed by atoms with E-state index in [0.717, 1.165) is 30.6 Å². The quantitative estimate of drug-likeness (QED) is 0.797. The molecular formula is C17H28N2O2. The van der Waals surface area contributed by atoms with Gasteiger partial charge in [0.2, 0.25) is 0 Å². The molecule has 1 unspecified atom stereocenters. The standard InChI is InChI=1S/C17H28N2O2/c1-5-14(6-2)12-19(7-3)17(21)18-16-10-8-9-15(11-16)13(4)20/h8-11,13-14,20H,5-7,12H2,1-4H3,(H,18,21). The van der Waals surface area contributed by atoms with Gasteiger partial charge in [-0.05, 0) is 37.5 Å². The molecule has 2 N–H and O–H groups in total. The van der Waals surface area contributed by atoms with Crippen molar-refractivity contribution in [2.45, 2.75) is 46.6 Å². The summed E-state index contributed by atoms with van der Waals surface area (Å²) in [6, 6.07) is 7.27. The van der Waals surface area contributed by atoms with Gasteiger partial charge < -0.3 is 15.3 Å². The van der Waals surface area contributed by atoms with E-state index in [-0.39, 0.29) is 6.03 Å². The number of hydrogen-bond donors (Lipinski definition) is 2. The van der Waals surface area contributed by atoms with Crippen LogP contribution in [0.1, 0.15) is 52.2 Å². The number of amides is 2. The number of anilines is 1. The number of hydrogen-bond acceptors (Lipinski definition) is 2. The molecular weight excluding hydrogens is 264 g/mol. The smallest absolute Gasteiger partial charge is 0.321 e. The molecule has 0 aliphatic rings. The molecule has 1 aromatic rings. The first-order valence-electron chi connectivity index (χ1n) is 7.85. The lowest BCUT2D eigenvalue weighted by Gasteiger charge is -2.25. The average Bonchev–Trinajstić information content (AvgIpc) is 2.48. The van der Waals surface area contributed by atoms with Gasteiger partial charge in [-0.1, -0.05) is 38.8 Å². The molecule has 2 amide bonds. The van der Waals surface area contributed by atoms with Crippen LogP contribution in [0.25, 0.3) is 0 Å². The van der Waals surface area contributed by atoms with E-state index in [1.807, 2.05) is 36.1 Å². The number of nitrogens with one attached hydrogen (secondary N) is 1. The number of carbonyl (C=O) groups is 1. The fourth-order valence-electron chi connectivity index (χ4n) is 2.29. The maximum absolute atomic E-state index is 12.3. The minimum Gasteiger partial charge on any atom is -0.389 e. The summed E-state index contributed by atoms with van der Waals surface area (Å²) in [5, 5.41) is 12.5. The second-order valence-electron chi connectivity index (χ2n) is 5.45. The molecule has 4 nitrogen and oxygen atoms in total. The summed E-state index contributed by atoms with van der Waals surface area (Å²) in [4.78, 5) is 14.2. The molecule has 1 atom stereocenters. The fourth-order valence-corrected chi connectivity index (χ4v) is 2.29. The van der Waals surface area contributed by atoms with Crippen molar-refractivity contribution in [3.63, 3.8) is 0 Å². The van der Waals surface area contributed by atoms with Crippen LogP contribution in [-0.2, 0) is 0 Å². The molecule has 118 valence electrons. The van der Waals surface area contributed by atoms with Crippen LogP contribution in [0.2, 0.25) is 0 Å². The monoisotopic (exact) mass is 292 g/mol. The third kappa shape index (κ3) is 5.38. The lowest BCUT2D eigenvalue weighted by molar-refractivity contribution is 0.198. The van der Waals surface area contributed by atoms with Crippen molar-refractivity contribution in [2.75, 3.05) is 18.4 Å². The second-order valence-corrected chi connectivity index (χ2v) is 5.45. The third-order valence-electron chi connectivity index (χ3n) is 3.92. The van der Waals surface area contributed by atoms with Crippen LogP contribution in [-0.4, -0.2) is 29.1 Å². The SMILES string of the molecule is CCC(CC)CN(CC)C(=O)Nc1cccc(C(C)O)c1. The molecule has 0 aliphatic carbocycles. The van der Waals surface area contributed by atoms with E-state index in [9.17, 15) is 9.90 Å². The van der Waals surface area contributed by atoms with E-state index < -0.39 is 6.10 Å². The van der Waals surface area contributed by atoms with Crippen molar-refractivity contribution in [2.24, 2.45) is 5.92 Å². The van der Waals surface area contributed by atoms with Gasteiger partial charge in [-0.2, -0.15) is 0 Å². The van der Waals surface area contributed by atoms with Crippen molar-refractivity contribution >= 4 is 11.7 Å². The van der Waals surface area contributed by atoms with Crippen LogP contribution in [0.15, 0.2) is 24.3 Å². The molecule has 0 aliphatic heterocycles. The van der Waals surface area contributed by atoms with Crippen LogP contribution in [0, 0.1) is 5.92 Å². The second kappa shape index (κ2) is 8.67. The van der Waals surface area contributed by atoms with Gasteiger partial charge >= 0.3 is 6.03 Å². The lowest BCUT2D eigenvalue weighted by Crippen LogP contribution is -2.38. The first kappa shape index (κ1) is 17.5. The van der Waals surface area contributed by atoms with E-state index in [2.05, 4.69) is 19.2 Å². The zero-order valence-electron chi connectivity index (χ0n) is 13.6. The molecule has 21 heavy (non-hydrogen) atoms. The number of aliphatic hydroxyl groups is 1. The molecule has 4 heteroatoms. The van der Waals surface area contributed by atoms with E-state index in [4.69, 9.17) is 0 Å². The number of rotatable bonds is 7. The molecule has 1 aromatic carbocycles. The van der Waals surface area contributed by atoms with Crippen LogP contribution in [0.4, 0.5) is 10.5 Å². The highest BCUT2D eigenvalue weighted by molar-refractivity contribution is 5.89. The van der Waals surface area contributed by atoms with Gasteiger partial charge in [-0.25, -0.2) is 4.79 Å². The Morgan fingerprint density at radius 1 is 1.29 bits per heavy atom. The summed E-state index contributed by atoms with van der Waals surface area (Å²) in [5.74, 6) is 0.541. The van der Waals surface area contributed by atoms with Gasteiger partial charge in [0, 0.05) is 18.8 Å². The minimum absolute atomic E-state index is 0.0767. The molecule has 0 saturated heterocycles. The van der Waals surface area contributed by atoms with Gasteiger partial charge in [0.05, 0.1) is 6.10 Å².